The number of para-hydroxylation sites is 1. The summed E-state index contributed by atoms with van der Waals surface area (Å²) < 4.78 is 17.4. The van der Waals surface area contributed by atoms with Crippen LogP contribution in [0, 0.1) is 9.39 Å². The van der Waals surface area contributed by atoms with Gasteiger partial charge in [0.25, 0.3) is 0 Å². The molecule has 3 rings (SSSR count). The van der Waals surface area contributed by atoms with Gasteiger partial charge in [0.15, 0.2) is 0 Å². The van der Waals surface area contributed by atoms with Crippen LogP contribution in [0.3, 0.4) is 0 Å². The van der Waals surface area contributed by atoms with Crippen molar-refractivity contribution in [2.75, 3.05) is 5.88 Å². The van der Waals surface area contributed by atoms with Crippen molar-refractivity contribution in [1.82, 2.24) is 9.55 Å². The zero-order chi connectivity index (χ0) is 15.0. The van der Waals surface area contributed by atoms with Crippen molar-refractivity contribution in [3.8, 4) is 5.69 Å². The fraction of sp³-hybridized carbons (Fsp3) is 0.133. The second kappa shape index (κ2) is 6.22. The van der Waals surface area contributed by atoms with Crippen LogP contribution in [-0.4, -0.2) is 15.4 Å². The third-order valence-electron chi connectivity index (χ3n) is 3.18. The maximum Gasteiger partial charge on any atom is 0.139 e. The topological polar surface area (TPSA) is 17.8 Å². The summed E-state index contributed by atoms with van der Waals surface area (Å²) in [5.41, 5.74) is 2.49. The average molecular weight is 480 g/mol. The molecule has 21 heavy (non-hydrogen) atoms. The van der Waals surface area contributed by atoms with E-state index in [-0.39, 0.29) is 5.82 Å². The molecular weight excluding hydrogens is 469 g/mol. The molecule has 0 aliphatic rings. The summed E-state index contributed by atoms with van der Waals surface area (Å²) in [6, 6.07) is 11.2. The quantitative estimate of drug-likeness (QED) is 0.368. The first kappa shape index (κ1) is 15.2. The number of nitrogens with zero attached hydrogens (tertiary/aromatic N) is 2. The molecule has 2 aromatic carbocycles. The summed E-state index contributed by atoms with van der Waals surface area (Å²) >= 11 is 11.4. The first-order valence-corrected chi connectivity index (χ1v) is 8.69. The van der Waals surface area contributed by atoms with E-state index in [4.69, 9.17) is 11.6 Å². The lowest BCUT2D eigenvalue weighted by atomic mass is 10.2. The van der Waals surface area contributed by atoms with Crippen molar-refractivity contribution in [3.63, 3.8) is 0 Å². The van der Waals surface area contributed by atoms with E-state index in [9.17, 15) is 4.39 Å². The van der Waals surface area contributed by atoms with Gasteiger partial charge in [-0.1, -0.05) is 12.1 Å². The van der Waals surface area contributed by atoms with Gasteiger partial charge in [-0.3, -0.25) is 4.57 Å². The van der Waals surface area contributed by atoms with Gasteiger partial charge in [-0.2, -0.15) is 0 Å². The van der Waals surface area contributed by atoms with Crippen LogP contribution >= 0.6 is 50.1 Å². The highest BCUT2D eigenvalue weighted by atomic mass is 127. The molecule has 0 N–H and O–H groups in total. The third kappa shape index (κ3) is 2.83. The van der Waals surface area contributed by atoms with E-state index >= 15 is 0 Å². The van der Waals surface area contributed by atoms with Crippen molar-refractivity contribution in [2.45, 2.75) is 6.42 Å². The Kier molecular flexibility index (Phi) is 4.51. The Morgan fingerprint density at radius 1 is 1.29 bits per heavy atom. The van der Waals surface area contributed by atoms with Gasteiger partial charge in [-0.25, -0.2) is 9.37 Å². The van der Waals surface area contributed by atoms with Crippen LogP contribution in [0.2, 0.25) is 0 Å². The van der Waals surface area contributed by atoms with E-state index in [1.807, 2.05) is 28.8 Å². The van der Waals surface area contributed by atoms with E-state index in [1.165, 1.54) is 6.07 Å². The predicted octanol–water partition coefficient (Wildman–Crippen LogP) is 5.31. The Balaban J connectivity index is 2.35. The molecular formula is C15H10BrClFIN2. The largest absolute Gasteiger partial charge is 0.295 e. The van der Waals surface area contributed by atoms with E-state index in [2.05, 4.69) is 43.5 Å². The normalized spacial score (nSPS) is 11.2. The molecule has 108 valence electrons. The molecule has 0 aliphatic carbocycles. The van der Waals surface area contributed by atoms with E-state index in [1.54, 1.807) is 6.07 Å². The number of hydrogen-bond acceptors (Lipinski definition) is 1. The number of halogens is 4. The summed E-state index contributed by atoms with van der Waals surface area (Å²) in [7, 11) is 0. The number of fused-ring (bicyclic) bond motifs is 1. The number of aryl methyl sites for hydroxylation is 1. The van der Waals surface area contributed by atoms with Crippen LogP contribution in [0.15, 0.2) is 40.9 Å². The van der Waals surface area contributed by atoms with E-state index in [0.717, 1.165) is 26.1 Å². The van der Waals surface area contributed by atoms with Crippen molar-refractivity contribution in [3.05, 3.63) is 56.1 Å². The van der Waals surface area contributed by atoms with Crippen LogP contribution in [0.25, 0.3) is 16.7 Å². The van der Waals surface area contributed by atoms with Gasteiger partial charge in [-0.15, -0.1) is 11.6 Å². The molecule has 1 aromatic heterocycles. The molecule has 0 atom stereocenters. The number of aromatic nitrogens is 2. The van der Waals surface area contributed by atoms with Gasteiger partial charge in [0.2, 0.25) is 0 Å². The molecule has 1 heterocycles. The monoisotopic (exact) mass is 478 g/mol. The van der Waals surface area contributed by atoms with E-state index < -0.39 is 0 Å². The second-order valence-corrected chi connectivity index (χ2v) is 6.90. The maximum absolute atomic E-state index is 13.9. The van der Waals surface area contributed by atoms with E-state index in [0.29, 0.717) is 16.8 Å². The van der Waals surface area contributed by atoms with Crippen molar-refractivity contribution in [2.24, 2.45) is 0 Å². The van der Waals surface area contributed by atoms with Crippen LogP contribution in [0.4, 0.5) is 4.39 Å². The summed E-state index contributed by atoms with van der Waals surface area (Å²) in [4.78, 5) is 4.60. The first-order chi connectivity index (χ1) is 10.1. The fourth-order valence-electron chi connectivity index (χ4n) is 2.28. The molecule has 0 bridgehead atoms. The van der Waals surface area contributed by atoms with Gasteiger partial charge < -0.3 is 0 Å². The Labute approximate surface area is 148 Å². The minimum atomic E-state index is -0.299. The van der Waals surface area contributed by atoms with Gasteiger partial charge >= 0.3 is 0 Å². The molecule has 0 radical (unpaired) electrons. The lowest BCUT2D eigenvalue weighted by Gasteiger charge is -2.10. The standard InChI is InChI=1S/C15H10BrClFIN2/c16-9-7-12-14(8-10(9)18)21(15(20-12)5-6-17)13-4-2-1-3-11(13)19/h1-4,7-8H,5-6H2. The molecule has 0 saturated carbocycles. The van der Waals surface area contributed by atoms with Gasteiger partial charge in [0.05, 0.1) is 21.2 Å². The number of rotatable bonds is 3. The fourth-order valence-corrected chi connectivity index (χ4v) is 3.41. The maximum atomic E-state index is 13.9. The average Bonchev–Trinajstić information content (AvgIpc) is 2.78. The van der Waals surface area contributed by atoms with Gasteiger partial charge in [0.1, 0.15) is 11.6 Å². The molecule has 0 saturated heterocycles. The highest BCUT2D eigenvalue weighted by molar-refractivity contribution is 14.1. The van der Waals surface area contributed by atoms with Crippen molar-refractivity contribution < 1.29 is 4.39 Å². The zero-order valence-corrected chi connectivity index (χ0v) is 15.3. The summed E-state index contributed by atoms with van der Waals surface area (Å²) in [6.07, 6.45) is 0.625. The highest BCUT2D eigenvalue weighted by Gasteiger charge is 2.16. The molecule has 0 fully saturated rings. The van der Waals surface area contributed by atoms with Crippen LogP contribution < -0.4 is 0 Å². The minimum Gasteiger partial charge on any atom is -0.295 e. The third-order valence-corrected chi connectivity index (χ3v) is 4.89. The number of alkyl halides is 1. The molecule has 0 amide bonds. The lowest BCUT2D eigenvalue weighted by molar-refractivity contribution is 0.622. The lowest BCUT2D eigenvalue weighted by Crippen LogP contribution is -2.04. The first-order valence-electron chi connectivity index (χ1n) is 6.29. The molecule has 3 aromatic rings. The Morgan fingerprint density at radius 2 is 2.05 bits per heavy atom. The zero-order valence-electron chi connectivity index (χ0n) is 10.8. The summed E-state index contributed by atoms with van der Waals surface area (Å²) in [5, 5.41) is 0. The highest BCUT2D eigenvalue weighted by Crippen LogP contribution is 2.29. The van der Waals surface area contributed by atoms with Crippen LogP contribution in [0.1, 0.15) is 5.82 Å². The molecule has 0 unspecified atom stereocenters. The predicted molar refractivity (Wildman–Crippen MR) is 95.9 cm³/mol. The molecule has 0 aliphatic heterocycles. The smallest absolute Gasteiger partial charge is 0.139 e. The SMILES string of the molecule is Fc1cc2c(cc1Br)nc(CCCl)n2-c1ccccc1I. The Bertz CT molecular complexity index is 819. The Hall–Kier alpha value is -0.660. The summed E-state index contributed by atoms with van der Waals surface area (Å²) in [5.74, 6) is 1.00. The molecule has 0 spiro atoms. The van der Waals surface area contributed by atoms with Gasteiger partial charge in [-0.05, 0) is 56.7 Å². The number of benzene rings is 2. The summed E-state index contributed by atoms with van der Waals surface area (Å²) in [6.45, 7) is 0. The van der Waals surface area contributed by atoms with Gasteiger partial charge in [0, 0.05) is 21.9 Å². The Morgan fingerprint density at radius 3 is 2.76 bits per heavy atom. The van der Waals surface area contributed by atoms with Crippen molar-refractivity contribution in [1.29, 1.82) is 0 Å². The van der Waals surface area contributed by atoms with Crippen molar-refractivity contribution >= 4 is 61.2 Å². The number of hydrogen-bond donors (Lipinski definition) is 0. The number of imidazole rings is 1. The molecule has 6 heteroatoms. The second-order valence-electron chi connectivity index (χ2n) is 4.51. The minimum absolute atomic E-state index is 0.299. The van der Waals surface area contributed by atoms with Crippen LogP contribution in [0.5, 0.6) is 0 Å². The van der Waals surface area contributed by atoms with Crippen LogP contribution in [-0.2, 0) is 6.42 Å². The molecule has 2 nitrogen and oxygen atoms in total.